The van der Waals surface area contributed by atoms with E-state index in [0.29, 0.717) is 21.6 Å². The number of para-hydroxylation sites is 1. The first kappa shape index (κ1) is 17.2. The highest BCUT2D eigenvalue weighted by molar-refractivity contribution is 7.99. The van der Waals surface area contributed by atoms with E-state index in [4.69, 9.17) is 16.0 Å². The van der Waals surface area contributed by atoms with E-state index in [-0.39, 0.29) is 5.91 Å². The monoisotopic (exact) mass is 387 g/mol. The van der Waals surface area contributed by atoms with Gasteiger partial charge in [-0.25, -0.2) is 4.98 Å². The van der Waals surface area contributed by atoms with Crippen LogP contribution in [0.5, 0.6) is 0 Å². The molecule has 0 atom stereocenters. The lowest BCUT2D eigenvalue weighted by Crippen LogP contribution is -2.49. The average Bonchev–Trinajstić information content (AvgIpc) is 3.09. The predicted octanol–water partition coefficient (Wildman–Crippen LogP) is 3.92. The Morgan fingerprint density at radius 3 is 2.65 bits per heavy atom. The van der Waals surface area contributed by atoms with Crippen molar-refractivity contribution in [3.05, 3.63) is 53.6 Å². The van der Waals surface area contributed by atoms with Gasteiger partial charge >= 0.3 is 0 Å². The number of benzene rings is 2. The Balaban J connectivity index is 1.31. The molecule has 0 radical (unpaired) electrons. The number of anilines is 1. The largest absolute Gasteiger partial charge is 0.431 e. The number of oxazole rings is 1. The SMILES string of the molecule is O=C(CSc1nc2ccc(Cl)cc2o1)N1CCN(c2ccccc2)CC1. The van der Waals surface area contributed by atoms with Crippen LogP contribution in [-0.4, -0.2) is 47.7 Å². The fraction of sp³-hybridized carbons (Fsp3) is 0.263. The second-order valence-electron chi connectivity index (χ2n) is 6.08. The molecule has 1 aliphatic rings. The number of hydrogen-bond donors (Lipinski definition) is 0. The van der Waals surface area contributed by atoms with Crippen LogP contribution in [0.25, 0.3) is 11.1 Å². The third-order valence-electron chi connectivity index (χ3n) is 4.40. The standard InChI is InChI=1S/C19H18ClN3O2S/c20-14-6-7-16-17(12-14)25-19(21-16)26-13-18(24)23-10-8-22(9-11-23)15-4-2-1-3-5-15/h1-7,12H,8-11,13H2. The van der Waals surface area contributed by atoms with Crippen molar-refractivity contribution in [3.63, 3.8) is 0 Å². The van der Waals surface area contributed by atoms with Crippen molar-refractivity contribution in [1.29, 1.82) is 0 Å². The van der Waals surface area contributed by atoms with Gasteiger partial charge in [0.25, 0.3) is 5.22 Å². The van der Waals surface area contributed by atoms with Crippen LogP contribution in [0.4, 0.5) is 5.69 Å². The Hall–Kier alpha value is -2.18. The highest BCUT2D eigenvalue weighted by atomic mass is 35.5. The third-order valence-corrected chi connectivity index (χ3v) is 5.45. The van der Waals surface area contributed by atoms with Crippen molar-refractivity contribution < 1.29 is 9.21 Å². The summed E-state index contributed by atoms with van der Waals surface area (Å²) in [6.07, 6.45) is 0. The number of carbonyl (C=O) groups excluding carboxylic acids is 1. The predicted molar refractivity (Wildman–Crippen MR) is 105 cm³/mol. The number of nitrogens with zero attached hydrogens (tertiary/aromatic N) is 3. The summed E-state index contributed by atoms with van der Waals surface area (Å²) in [6.45, 7) is 3.17. The van der Waals surface area contributed by atoms with Crippen LogP contribution in [0.3, 0.4) is 0 Å². The quantitative estimate of drug-likeness (QED) is 0.635. The second kappa shape index (κ2) is 7.60. The van der Waals surface area contributed by atoms with E-state index in [9.17, 15) is 4.79 Å². The van der Waals surface area contributed by atoms with Gasteiger partial charge in [-0.05, 0) is 24.3 Å². The summed E-state index contributed by atoms with van der Waals surface area (Å²) in [6, 6.07) is 15.6. The second-order valence-corrected chi connectivity index (χ2v) is 7.45. The maximum Gasteiger partial charge on any atom is 0.257 e. The van der Waals surface area contributed by atoms with Gasteiger partial charge in [-0.3, -0.25) is 4.79 Å². The molecule has 134 valence electrons. The first-order valence-corrected chi connectivity index (χ1v) is 9.82. The van der Waals surface area contributed by atoms with Gasteiger partial charge < -0.3 is 14.2 Å². The molecule has 4 rings (SSSR count). The molecule has 1 saturated heterocycles. The molecular weight excluding hydrogens is 370 g/mol. The lowest BCUT2D eigenvalue weighted by molar-refractivity contribution is -0.128. The lowest BCUT2D eigenvalue weighted by Gasteiger charge is -2.36. The van der Waals surface area contributed by atoms with Gasteiger partial charge in [0.1, 0.15) is 5.52 Å². The molecule has 2 heterocycles. The summed E-state index contributed by atoms with van der Waals surface area (Å²) >= 11 is 7.28. The number of thioether (sulfide) groups is 1. The summed E-state index contributed by atoms with van der Waals surface area (Å²) in [5.74, 6) is 0.439. The van der Waals surface area contributed by atoms with Gasteiger partial charge in [0.2, 0.25) is 5.91 Å². The van der Waals surface area contributed by atoms with Gasteiger partial charge in [-0.2, -0.15) is 0 Å². The van der Waals surface area contributed by atoms with Crippen molar-refractivity contribution in [2.45, 2.75) is 5.22 Å². The number of hydrogen-bond acceptors (Lipinski definition) is 5. The van der Waals surface area contributed by atoms with E-state index in [1.807, 2.05) is 29.2 Å². The molecule has 2 aromatic carbocycles. The molecule has 0 saturated carbocycles. The van der Waals surface area contributed by atoms with Crippen molar-refractivity contribution >= 4 is 46.1 Å². The molecule has 1 fully saturated rings. The smallest absolute Gasteiger partial charge is 0.257 e. The maximum absolute atomic E-state index is 12.5. The van der Waals surface area contributed by atoms with E-state index in [1.165, 1.54) is 17.4 Å². The molecular formula is C19H18ClN3O2S. The van der Waals surface area contributed by atoms with Crippen LogP contribution in [0, 0.1) is 0 Å². The minimum absolute atomic E-state index is 0.114. The fourth-order valence-corrected chi connectivity index (χ4v) is 3.91. The Morgan fingerprint density at radius 1 is 1.12 bits per heavy atom. The molecule has 0 aliphatic carbocycles. The van der Waals surface area contributed by atoms with E-state index >= 15 is 0 Å². The Morgan fingerprint density at radius 2 is 1.88 bits per heavy atom. The number of carbonyl (C=O) groups is 1. The molecule has 0 unspecified atom stereocenters. The molecule has 0 bridgehead atoms. The van der Waals surface area contributed by atoms with Crippen LogP contribution in [0.2, 0.25) is 5.02 Å². The summed E-state index contributed by atoms with van der Waals surface area (Å²) in [5.41, 5.74) is 2.60. The van der Waals surface area contributed by atoms with Crippen LogP contribution < -0.4 is 4.90 Å². The molecule has 3 aromatic rings. The zero-order valence-corrected chi connectivity index (χ0v) is 15.7. The molecule has 1 aromatic heterocycles. The van der Waals surface area contributed by atoms with E-state index in [0.717, 1.165) is 31.7 Å². The van der Waals surface area contributed by atoms with E-state index in [1.54, 1.807) is 12.1 Å². The van der Waals surface area contributed by atoms with Crippen LogP contribution in [0.15, 0.2) is 58.2 Å². The summed E-state index contributed by atoms with van der Waals surface area (Å²) in [5, 5.41) is 1.11. The molecule has 0 spiro atoms. The van der Waals surface area contributed by atoms with Gasteiger partial charge in [0, 0.05) is 43.0 Å². The van der Waals surface area contributed by atoms with Crippen LogP contribution in [0.1, 0.15) is 0 Å². The molecule has 1 aliphatic heterocycles. The first-order valence-electron chi connectivity index (χ1n) is 8.46. The first-order chi connectivity index (χ1) is 12.7. The fourth-order valence-electron chi connectivity index (χ4n) is 3.01. The van der Waals surface area contributed by atoms with Gasteiger partial charge in [-0.1, -0.05) is 41.6 Å². The molecule has 26 heavy (non-hydrogen) atoms. The zero-order chi connectivity index (χ0) is 17.9. The lowest BCUT2D eigenvalue weighted by atomic mass is 10.2. The number of fused-ring (bicyclic) bond motifs is 1. The maximum atomic E-state index is 12.5. The summed E-state index contributed by atoms with van der Waals surface area (Å²) in [7, 11) is 0. The third kappa shape index (κ3) is 3.81. The number of piperazine rings is 1. The topological polar surface area (TPSA) is 49.6 Å². The van der Waals surface area contributed by atoms with Crippen molar-refractivity contribution in [3.8, 4) is 0 Å². The Bertz CT molecular complexity index is 908. The zero-order valence-electron chi connectivity index (χ0n) is 14.1. The van der Waals surface area contributed by atoms with Gasteiger partial charge in [-0.15, -0.1) is 0 Å². The molecule has 5 nitrogen and oxygen atoms in total. The minimum Gasteiger partial charge on any atom is -0.431 e. The molecule has 7 heteroatoms. The average molecular weight is 388 g/mol. The van der Waals surface area contributed by atoms with E-state index < -0.39 is 0 Å². The summed E-state index contributed by atoms with van der Waals surface area (Å²) in [4.78, 5) is 21.1. The van der Waals surface area contributed by atoms with Crippen LogP contribution >= 0.6 is 23.4 Å². The van der Waals surface area contributed by atoms with Gasteiger partial charge in [0.15, 0.2) is 5.58 Å². The number of halogens is 1. The number of aromatic nitrogens is 1. The Kier molecular flexibility index (Phi) is 5.04. The highest BCUT2D eigenvalue weighted by Gasteiger charge is 2.21. The van der Waals surface area contributed by atoms with Crippen molar-refractivity contribution in [2.24, 2.45) is 0 Å². The highest BCUT2D eigenvalue weighted by Crippen LogP contribution is 2.26. The molecule has 0 N–H and O–H groups in total. The van der Waals surface area contributed by atoms with Crippen molar-refractivity contribution in [2.75, 3.05) is 36.8 Å². The van der Waals surface area contributed by atoms with Crippen molar-refractivity contribution in [1.82, 2.24) is 9.88 Å². The normalized spacial score (nSPS) is 14.8. The van der Waals surface area contributed by atoms with E-state index in [2.05, 4.69) is 22.0 Å². The van der Waals surface area contributed by atoms with Gasteiger partial charge in [0.05, 0.1) is 5.75 Å². The number of amides is 1. The summed E-state index contributed by atoms with van der Waals surface area (Å²) < 4.78 is 5.65. The minimum atomic E-state index is 0.114. The Labute approximate surface area is 160 Å². The van der Waals surface area contributed by atoms with Crippen LogP contribution in [-0.2, 0) is 4.79 Å². The molecule has 1 amide bonds. The number of rotatable bonds is 4.